The molecule has 1 amide bonds. The number of ether oxygens (including phenoxy) is 1. The van der Waals surface area contributed by atoms with Gasteiger partial charge in [-0.1, -0.05) is 36.4 Å². The van der Waals surface area contributed by atoms with E-state index < -0.39 is 0 Å². The molecule has 2 aliphatic rings. The van der Waals surface area contributed by atoms with Gasteiger partial charge in [-0.05, 0) is 48.6 Å². The number of benzene rings is 2. The number of guanidine groups is 1. The summed E-state index contributed by atoms with van der Waals surface area (Å²) in [6.45, 7) is 7.13. The van der Waals surface area contributed by atoms with Crippen LogP contribution in [0.15, 0.2) is 53.5 Å². The molecule has 1 N–H and O–H groups in total. The number of methoxy groups -OCH3 is 1. The van der Waals surface area contributed by atoms with Gasteiger partial charge in [0.25, 0.3) is 0 Å². The molecule has 32 heavy (non-hydrogen) atoms. The van der Waals surface area contributed by atoms with E-state index in [0.29, 0.717) is 25.4 Å². The summed E-state index contributed by atoms with van der Waals surface area (Å²) in [7, 11) is 1.70. The number of likely N-dealkylation sites (tertiary alicyclic amines) is 2. The SMILES string of the molecule is CCNC(=NCc1cccc(CN2CCCC2=O)c1)N1CCC(c2ccc(OC)cc2)C1. The number of nitrogens with one attached hydrogen (secondary N) is 1. The molecular weight excluding hydrogens is 400 g/mol. The monoisotopic (exact) mass is 434 g/mol. The number of rotatable bonds is 7. The van der Waals surface area contributed by atoms with Crippen LogP contribution in [0.4, 0.5) is 0 Å². The maximum absolute atomic E-state index is 11.9. The normalized spacial score (nSPS) is 19.0. The lowest BCUT2D eigenvalue weighted by molar-refractivity contribution is -0.128. The molecule has 170 valence electrons. The van der Waals surface area contributed by atoms with Gasteiger partial charge in [0.05, 0.1) is 13.7 Å². The second kappa shape index (κ2) is 10.5. The maximum Gasteiger partial charge on any atom is 0.222 e. The first kappa shape index (κ1) is 22.2. The van der Waals surface area contributed by atoms with Crippen LogP contribution in [0, 0.1) is 0 Å². The third-order valence-electron chi connectivity index (χ3n) is 6.36. The Labute approximate surface area is 191 Å². The molecule has 2 aromatic carbocycles. The fourth-order valence-corrected chi connectivity index (χ4v) is 4.61. The van der Waals surface area contributed by atoms with E-state index in [2.05, 4.69) is 53.5 Å². The summed E-state index contributed by atoms with van der Waals surface area (Å²) in [4.78, 5) is 21.2. The highest BCUT2D eigenvalue weighted by Crippen LogP contribution is 2.28. The van der Waals surface area contributed by atoms with Crippen LogP contribution in [0.2, 0.25) is 0 Å². The molecule has 6 nitrogen and oxygen atoms in total. The van der Waals surface area contributed by atoms with Crippen LogP contribution in [0.5, 0.6) is 5.75 Å². The molecule has 0 radical (unpaired) electrons. The largest absolute Gasteiger partial charge is 0.497 e. The Morgan fingerprint density at radius 2 is 1.97 bits per heavy atom. The fourth-order valence-electron chi connectivity index (χ4n) is 4.61. The standard InChI is InChI=1S/C26H34N4O2/c1-3-27-26(30-15-13-23(19-30)22-9-11-24(32-2)12-10-22)28-17-20-6-4-7-21(16-20)18-29-14-5-8-25(29)31/h4,6-7,9-12,16,23H,3,5,8,13-15,17-19H2,1-2H3,(H,27,28). The molecule has 1 atom stereocenters. The van der Waals surface area contributed by atoms with Crippen molar-refractivity contribution in [1.82, 2.24) is 15.1 Å². The summed E-state index contributed by atoms with van der Waals surface area (Å²) in [6.07, 6.45) is 2.78. The summed E-state index contributed by atoms with van der Waals surface area (Å²) >= 11 is 0. The number of hydrogen-bond acceptors (Lipinski definition) is 3. The van der Waals surface area contributed by atoms with Crippen LogP contribution < -0.4 is 10.1 Å². The van der Waals surface area contributed by atoms with Gasteiger partial charge in [0, 0.05) is 45.1 Å². The Hall–Kier alpha value is -3.02. The minimum atomic E-state index is 0.267. The smallest absolute Gasteiger partial charge is 0.222 e. The van der Waals surface area contributed by atoms with E-state index in [4.69, 9.17) is 9.73 Å². The van der Waals surface area contributed by atoms with Gasteiger partial charge in [0.15, 0.2) is 5.96 Å². The van der Waals surface area contributed by atoms with Gasteiger partial charge in [0.2, 0.25) is 5.91 Å². The molecule has 1 unspecified atom stereocenters. The van der Waals surface area contributed by atoms with Crippen LogP contribution in [-0.4, -0.2) is 55.0 Å². The average molecular weight is 435 g/mol. The molecule has 4 rings (SSSR count). The lowest BCUT2D eigenvalue weighted by Crippen LogP contribution is -2.40. The number of carbonyl (C=O) groups excluding carboxylic acids is 1. The van der Waals surface area contributed by atoms with Crippen LogP contribution in [-0.2, 0) is 17.9 Å². The highest BCUT2D eigenvalue weighted by molar-refractivity contribution is 5.80. The number of amides is 1. The van der Waals surface area contributed by atoms with E-state index in [9.17, 15) is 4.79 Å². The van der Waals surface area contributed by atoms with Crippen molar-refractivity contribution in [3.05, 3.63) is 65.2 Å². The van der Waals surface area contributed by atoms with Crippen molar-refractivity contribution < 1.29 is 9.53 Å². The molecule has 6 heteroatoms. The topological polar surface area (TPSA) is 57.2 Å². The molecule has 0 aliphatic carbocycles. The lowest BCUT2D eigenvalue weighted by atomic mass is 9.98. The summed E-state index contributed by atoms with van der Waals surface area (Å²) in [5.41, 5.74) is 3.71. The Morgan fingerprint density at radius 1 is 1.16 bits per heavy atom. The van der Waals surface area contributed by atoms with Crippen molar-refractivity contribution in [2.24, 2.45) is 4.99 Å². The molecule has 0 spiro atoms. The Bertz CT molecular complexity index is 941. The van der Waals surface area contributed by atoms with E-state index in [1.165, 1.54) is 16.7 Å². The molecule has 0 saturated carbocycles. The number of aliphatic imine (C=N–C) groups is 1. The molecule has 0 bridgehead atoms. The number of hydrogen-bond donors (Lipinski definition) is 1. The second-order valence-electron chi connectivity index (χ2n) is 8.61. The van der Waals surface area contributed by atoms with Crippen molar-refractivity contribution >= 4 is 11.9 Å². The van der Waals surface area contributed by atoms with Crippen molar-refractivity contribution in [2.75, 3.05) is 33.3 Å². The lowest BCUT2D eigenvalue weighted by Gasteiger charge is -2.22. The van der Waals surface area contributed by atoms with Crippen molar-refractivity contribution in [1.29, 1.82) is 0 Å². The molecule has 2 aromatic rings. The van der Waals surface area contributed by atoms with E-state index in [-0.39, 0.29) is 5.91 Å². The Morgan fingerprint density at radius 3 is 2.69 bits per heavy atom. The highest BCUT2D eigenvalue weighted by Gasteiger charge is 2.26. The van der Waals surface area contributed by atoms with Crippen LogP contribution in [0.3, 0.4) is 0 Å². The molecule has 2 saturated heterocycles. The summed E-state index contributed by atoms with van der Waals surface area (Å²) in [6, 6.07) is 16.9. The highest BCUT2D eigenvalue weighted by atomic mass is 16.5. The van der Waals surface area contributed by atoms with Gasteiger partial charge in [-0.15, -0.1) is 0 Å². The molecule has 0 aromatic heterocycles. The van der Waals surface area contributed by atoms with Crippen molar-refractivity contribution in [3.63, 3.8) is 0 Å². The first-order valence-electron chi connectivity index (χ1n) is 11.7. The summed E-state index contributed by atoms with van der Waals surface area (Å²) in [5, 5.41) is 3.47. The van der Waals surface area contributed by atoms with Crippen LogP contribution in [0.1, 0.15) is 48.8 Å². The third kappa shape index (κ3) is 5.42. The molecule has 2 heterocycles. The average Bonchev–Trinajstić information content (AvgIpc) is 3.47. The molecule has 2 aliphatic heterocycles. The van der Waals surface area contributed by atoms with Crippen LogP contribution >= 0.6 is 0 Å². The van der Waals surface area contributed by atoms with Gasteiger partial charge in [-0.25, -0.2) is 4.99 Å². The maximum atomic E-state index is 11.9. The van der Waals surface area contributed by atoms with E-state index in [0.717, 1.165) is 50.7 Å². The quantitative estimate of drug-likeness (QED) is 0.532. The Kier molecular flexibility index (Phi) is 7.30. The number of carbonyl (C=O) groups is 1. The predicted molar refractivity (Wildman–Crippen MR) is 128 cm³/mol. The zero-order valence-corrected chi connectivity index (χ0v) is 19.2. The third-order valence-corrected chi connectivity index (χ3v) is 6.36. The van der Waals surface area contributed by atoms with Crippen LogP contribution in [0.25, 0.3) is 0 Å². The number of nitrogens with zero attached hydrogens (tertiary/aromatic N) is 3. The Balaban J connectivity index is 1.39. The zero-order valence-electron chi connectivity index (χ0n) is 19.2. The minimum Gasteiger partial charge on any atom is -0.497 e. The fraction of sp³-hybridized carbons (Fsp3) is 0.462. The van der Waals surface area contributed by atoms with Gasteiger partial charge < -0.3 is 19.9 Å². The van der Waals surface area contributed by atoms with E-state index in [1.807, 2.05) is 17.0 Å². The van der Waals surface area contributed by atoms with Gasteiger partial charge in [0.1, 0.15) is 5.75 Å². The first-order chi connectivity index (χ1) is 15.7. The van der Waals surface area contributed by atoms with Gasteiger partial charge >= 0.3 is 0 Å². The van der Waals surface area contributed by atoms with Crippen molar-refractivity contribution in [3.8, 4) is 5.75 Å². The second-order valence-corrected chi connectivity index (χ2v) is 8.61. The predicted octanol–water partition coefficient (Wildman–Crippen LogP) is 3.77. The zero-order chi connectivity index (χ0) is 22.3. The van der Waals surface area contributed by atoms with E-state index >= 15 is 0 Å². The van der Waals surface area contributed by atoms with Gasteiger partial charge in [-0.3, -0.25) is 4.79 Å². The van der Waals surface area contributed by atoms with Crippen molar-refractivity contribution in [2.45, 2.75) is 45.2 Å². The molecule has 2 fully saturated rings. The minimum absolute atomic E-state index is 0.267. The summed E-state index contributed by atoms with van der Waals surface area (Å²) < 4.78 is 5.29. The van der Waals surface area contributed by atoms with E-state index in [1.54, 1.807) is 7.11 Å². The summed E-state index contributed by atoms with van der Waals surface area (Å²) in [5.74, 6) is 2.65. The van der Waals surface area contributed by atoms with Gasteiger partial charge in [-0.2, -0.15) is 0 Å². The molecular formula is C26H34N4O2. The first-order valence-corrected chi connectivity index (χ1v) is 11.7.